The van der Waals surface area contributed by atoms with E-state index in [0.29, 0.717) is 11.5 Å². The standard InChI is InChI=1S/C9H16O.CO2/c1-4-8-9(3,5-2)6-7-10-8;2-1-3/h6-8H,4-5H2,1-3H3;/t8?,9-;/m1./s1. The summed E-state index contributed by atoms with van der Waals surface area (Å²) in [5, 5.41) is 0. The molecule has 0 saturated heterocycles. The van der Waals surface area contributed by atoms with E-state index in [1.54, 1.807) is 0 Å². The van der Waals surface area contributed by atoms with Gasteiger partial charge in [-0.2, -0.15) is 9.59 Å². The maximum Gasteiger partial charge on any atom is 0.373 e. The highest BCUT2D eigenvalue weighted by atomic mass is 16.5. The number of carbonyl (C=O) groups excluding carboxylic acids is 2. The quantitative estimate of drug-likeness (QED) is 0.660. The number of rotatable bonds is 2. The Kier molecular flexibility index (Phi) is 5.09. The van der Waals surface area contributed by atoms with E-state index in [0.717, 1.165) is 6.42 Å². The van der Waals surface area contributed by atoms with Crippen molar-refractivity contribution < 1.29 is 14.3 Å². The minimum absolute atomic E-state index is 0.250. The Morgan fingerprint density at radius 2 is 2.00 bits per heavy atom. The number of hydrogen-bond acceptors (Lipinski definition) is 3. The van der Waals surface area contributed by atoms with Gasteiger partial charge in [-0.3, -0.25) is 0 Å². The van der Waals surface area contributed by atoms with Gasteiger partial charge in [0.05, 0.1) is 6.26 Å². The molecule has 0 aromatic heterocycles. The van der Waals surface area contributed by atoms with Gasteiger partial charge in [0.25, 0.3) is 0 Å². The van der Waals surface area contributed by atoms with Crippen LogP contribution in [0.3, 0.4) is 0 Å². The van der Waals surface area contributed by atoms with Crippen LogP contribution >= 0.6 is 0 Å². The van der Waals surface area contributed by atoms with Crippen molar-refractivity contribution >= 4 is 6.15 Å². The van der Waals surface area contributed by atoms with Gasteiger partial charge in [0.2, 0.25) is 0 Å². The lowest BCUT2D eigenvalue weighted by atomic mass is 9.82. The minimum Gasteiger partial charge on any atom is -0.497 e. The molecule has 0 saturated carbocycles. The lowest BCUT2D eigenvalue weighted by molar-refractivity contribution is -0.191. The first kappa shape index (κ1) is 11.9. The molecule has 74 valence electrons. The third kappa shape index (κ3) is 3.03. The summed E-state index contributed by atoms with van der Waals surface area (Å²) >= 11 is 0. The molecule has 1 aliphatic rings. The van der Waals surface area contributed by atoms with Crippen molar-refractivity contribution in [2.75, 3.05) is 0 Å². The molecule has 3 heteroatoms. The third-order valence-corrected chi connectivity index (χ3v) is 2.56. The summed E-state index contributed by atoms with van der Waals surface area (Å²) in [6, 6.07) is 0. The fourth-order valence-electron chi connectivity index (χ4n) is 1.46. The van der Waals surface area contributed by atoms with Crippen LogP contribution in [0, 0.1) is 5.41 Å². The van der Waals surface area contributed by atoms with Crippen molar-refractivity contribution in [2.24, 2.45) is 5.41 Å². The molecule has 0 aliphatic carbocycles. The third-order valence-electron chi connectivity index (χ3n) is 2.56. The lowest BCUT2D eigenvalue weighted by Crippen LogP contribution is -2.26. The highest BCUT2D eigenvalue weighted by Crippen LogP contribution is 2.36. The Morgan fingerprint density at radius 3 is 2.31 bits per heavy atom. The topological polar surface area (TPSA) is 43.4 Å². The molecule has 0 spiro atoms. The SMILES string of the molecule is CCC1OC=C[C@@]1(C)CC.O=C=O. The Labute approximate surface area is 78.8 Å². The van der Waals surface area contributed by atoms with Crippen LogP contribution in [0.5, 0.6) is 0 Å². The van der Waals surface area contributed by atoms with Crippen molar-refractivity contribution in [3.8, 4) is 0 Å². The Balaban J connectivity index is 0.000000424. The summed E-state index contributed by atoms with van der Waals surface area (Å²) in [5.74, 6) is 0. The first-order valence-electron chi connectivity index (χ1n) is 4.47. The average molecular weight is 184 g/mol. The first-order chi connectivity index (χ1) is 6.14. The highest BCUT2D eigenvalue weighted by Gasteiger charge is 2.33. The molecule has 0 bridgehead atoms. The van der Waals surface area contributed by atoms with Gasteiger partial charge >= 0.3 is 6.15 Å². The molecule has 0 amide bonds. The summed E-state index contributed by atoms with van der Waals surface area (Å²) in [6.45, 7) is 6.64. The predicted octanol–water partition coefficient (Wildman–Crippen LogP) is 2.14. The van der Waals surface area contributed by atoms with Gasteiger partial charge < -0.3 is 4.74 Å². The van der Waals surface area contributed by atoms with Gasteiger partial charge in [-0.25, -0.2) is 0 Å². The van der Waals surface area contributed by atoms with Crippen LogP contribution in [0.4, 0.5) is 0 Å². The molecule has 2 atom stereocenters. The average Bonchev–Trinajstić information content (AvgIpc) is 2.49. The second-order valence-electron chi connectivity index (χ2n) is 3.28. The van der Waals surface area contributed by atoms with Crippen LogP contribution in [0.15, 0.2) is 12.3 Å². The predicted molar refractivity (Wildman–Crippen MR) is 47.7 cm³/mol. The normalized spacial score (nSPS) is 29.9. The van der Waals surface area contributed by atoms with Crippen LogP contribution in [0.2, 0.25) is 0 Å². The van der Waals surface area contributed by atoms with Crippen LogP contribution in [0.1, 0.15) is 33.6 Å². The zero-order chi connectivity index (χ0) is 10.3. The zero-order valence-corrected chi connectivity index (χ0v) is 8.37. The van der Waals surface area contributed by atoms with E-state index in [9.17, 15) is 0 Å². The van der Waals surface area contributed by atoms with Crippen molar-refractivity contribution in [2.45, 2.75) is 39.7 Å². The Morgan fingerprint density at radius 1 is 1.46 bits per heavy atom. The molecule has 1 unspecified atom stereocenters. The minimum atomic E-state index is 0.250. The summed E-state index contributed by atoms with van der Waals surface area (Å²) in [7, 11) is 0. The molecule has 0 fully saturated rings. The van der Waals surface area contributed by atoms with Gasteiger partial charge in [-0.05, 0) is 18.9 Å². The second kappa shape index (κ2) is 5.55. The molecule has 3 nitrogen and oxygen atoms in total. The fourth-order valence-corrected chi connectivity index (χ4v) is 1.46. The van der Waals surface area contributed by atoms with E-state index in [4.69, 9.17) is 14.3 Å². The molecule has 1 rings (SSSR count). The van der Waals surface area contributed by atoms with Gasteiger partial charge in [-0.15, -0.1) is 0 Å². The monoisotopic (exact) mass is 184 g/mol. The van der Waals surface area contributed by atoms with E-state index < -0.39 is 0 Å². The first-order valence-corrected chi connectivity index (χ1v) is 4.47. The fraction of sp³-hybridized carbons (Fsp3) is 0.700. The molecular weight excluding hydrogens is 168 g/mol. The molecule has 0 aromatic carbocycles. The van der Waals surface area contributed by atoms with Crippen LogP contribution < -0.4 is 0 Å². The zero-order valence-electron chi connectivity index (χ0n) is 8.37. The van der Waals surface area contributed by atoms with E-state index in [2.05, 4.69) is 26.8 Å². The molecule has 0 N–H and O–H groups in total. The van der Waals surface area contributed by atoms with E-state index in [1.807, 2.05) is 6.26 Å². The molecule has 13 heavy (non-hydrogen) atoms. The maximum absolute atomic E-state index is 8.12. The Hall–Kier alpha value is -1.08. The van der Waals surface area contributed by atoms with Crippen LogP contribution in [-0.2, 0) is 14.3 Å². The number of ether oxygens (including phenoxy) is 1. The van der Waals surface area contributed by atoms with Gasteiger partial charge in [0, 0.05) is 5.41 Å². The van der Waals surface area contributed by atoms with E-state index in [-0.39, 0.29) is 6.15 Å². The summed E-state index contributed by atoms with van der Waals surface area (Å²) in [5.41, 5.74) is 0.300. The summed E-state index contributed by atoms with van der Waals surface area (Å²) in [6.07, 6.45) is 6.97. The maximum atomic E-state index is 8.12. The lowest BCUT2D eigenvalue weighted by Gasteiger charge is -2.26. The van der Waals surface area contributed by atoms with Crippen molar-refractivity contribution in [1.82, 2.24) is 0 Å². The van der Waals surface area contributed by atoms with Crippen molar-refractivity contribution in [3.63, 3.8) is 0 Å². The highest BCUT2D eigenvalue weighted by molar-refractivity contribution is 5.20. The van der Waals surface area contributed by atoms with Gasteiger partial charge in [-0.1, -0.05) is 20.8 Å². The van der Waals surface area contributed by atoms with Gasteiger partial charge in [0.15, 0.2) is 0 Å². The smallest absolute Gasteiger partial charge is 0.373 e. The van der Waals surface area contributed by atoms with Gasteiger partial charge in [0.1, 0.15) is 6.10 Å². The summed E-state index contributed by atoms with van der Waals surface area (Å²) in [4.78, 5) is 16.2. The molecule has 1 aliphatic heterocycles. The van der Waals surface area contributed by atoms with Crippen molar-refractivity contribution in [3.05, 3.63) is 12.3 Å². The number of hydrogen-bond donors (Lipinski definition) is 0. The molecule has 0 aromatic rings. The molecule has 1 heterocycles. The molecule has 0 radical (unpaired) electrons. The van der Waals surface area contributed by atoms with Crippen LogP contribution in [-0.4, -0.2) is 12.3 Å². The molecular formula is C10H16O3. The van der Waals surface area contributed by atoms with Crippen molar-refractivity contribution in [1.29, 1.82) is 0 Å². The second-order valence-corrected chi connectivity index (χ2v) is 3.28. The largest absolute Gasteiger partial charge is 0.497 e. The van der Waals surface area contributed by atoms with E-state index in [1.165, 1.54) is 6.42 Å². The Bertz CT molecular complexity index is 204. The van der Waals surface area contributed by atoms with E-state index >= 15 is 0 Å². The summed E-state index contributed by atoms with van der Waals surface area (Å²) < 4.78 is 5.43. The van der Waals surface area contributed by atoms with Crippen LogP contribution in [0.25, 0.3) is 0 Å².